The minimum atomic E-state index is -1.24. The van der Waals surface area contributed by atoms with Crippen LogP contribution in [0.3, 0.4) is 0 Å². The van der Waals surface area contributed by atoms with E-state index in [1.165, 1.54) is 7.11 Å². The van der Waals surface area contributed by atoms with Crippen molar-refractivity contribution >= 4 is 11.9 Å². The molecule has 0 aromatic rings. The van der Waals surface area contributed by atoms with E-state index in [4.69, 9.17) is 14.9 Å². The highest BCUT2D eigenvalue weighted by Crippen LogP contribution is 2.00. The Morgan fingerprint density at radius 1 is 1.47 bits per heavy atom. The number of carboxylic acids is 1. The van der Waals surface area contributed by atoms with Gasteiger partial charge in [0, 0.05) is 13.5 Å². The standard InChI is InChI=1S/C9H17NO5/c1-6(15-2)3-4-8(12)10-7(5-11)9(13)14/h6-7,11H,3-5H2,1-2H3,(H,10,12)(H,13,14). The molecular weight excluding hydrogens is 202 g/mol. The van der Waals surface area contributed by atoms with E-state index in [2.05, 4.69) is 5.32 Å². The number of aliphatic hydroxyl groups is 1. The highest BCUT2D eigenvalue weighted by molar-refractivity contribution is 5.83. The lowest BCUT2D eigenvalue weighted by Gasteiger charge is -2.13. The second-order valence-corrected chi connectivity index (χ2v) is 3.23. The van der Waals surface area contributed by atoms with Gasteiger partial charge in [-0.3, -0.25) is 4.79 Å². The zero-order valence-corrected chi connectivity index (χ0v) is 8.90. The number of rotatable bonds is 7. The van der Waals surface area contributed by atoms with Crippen molar-refractivity contribution in [3.05, 3.63) is 0 Å². The summed E-state index contributed by atoms with van der Waals surface area (Å²) in [5.74, 6) is -1.65. The maximum Gasteiger partial charge on any atom is 0.328 e. The molecule has 2 atom stereocenters. The Morgan fingerprint density at radius 3 is 2.47 bits per heavy atom. The van der Waals surface area contributed by atoms with Gasteiger partial charge in [-0.15, -0.1) is 0 Å². The molecular formula is C9H17NO5. The van der Waals surface area contributed by atoms with Crippen LogP contribution < -0.4 is 5.32 Å². The smallest absolute Gasteiger partial charge is 0.328 e. The number of methoxy groups -OCH3 is 1. The molecule has 88 valence electrons. The van der Waals surface area contributed by atoms with Gasteiger partial charge in [0.25, 0.3) is 0 Å². The second-order valence-electron chi connectivity index (χ2n) is 3.23. The molecule has 0 saturated carbocycles. The van der Waals surface area contributed by atoms with E-state index in [9.17, 15) is 9.59 Å². The fraction of sp³-hybridized carbons (Fsp3) is 0.778. The van der Waals surface area contributed by atoms with Gasteiger partial charge in [-0.05, 0) is 13.3 Å². The Kier molecular flexibility index (Phi) is 6.64. The van der Waals surface area contributed by atoms with E-state index in [0.29, 0.717) is 6.42 Å². The van der Waals surface area contributed by atoms with Crippen LogP contribution in [0.15, 0.2) is 0 Å². The predicted molar refractivity (Wildman–Crippen MR) is 52.4 cm³/mol. The number of hydrogen-bond acceptors (Lipinski definition) is 4. The van der Waals surface area contributed by atoms with Crippen molar-refractivity contribution in [3.8, 4) is 0 Å². The van der Waals surface area contributed by atoms with Crippen LogP contribution in [0.4, 0.5) is 0 Å². The molecule has 0 aromatic heterocycles. The van der Waals surface area contributed by atoms with Gasteiger partial charge in [-0.1, -0.05) is 0 Å². The van der Waals surface area contributed by atoms with Crippen molar-refractivity contribution in [3.63, 3.8) is 0 Å². The summed E-state index contributed by atoms with van der Waals surface area (Å²) in [6, 6.07) is -1.23. The number of carboxylic acid groups (broad SMARTS) is 1. The quantitative estimate of drug-likeness (QED) is 0.529. The lowest BCUT2D eigenvalue weighted by molar-refractivity contribution is -0.143. The van der Waals surface area contributed by atoms with Crippen LogP contribution in [0.2, 0.25) is 0 Å². The summed E-state index contributed by atoms with van der Waals surface area (Å²) in [5.41, 5.74) is 0. The fourth-order valence-corrected chi connectivity index (χ4v) is 0.904. The van der Waals surface area contributed by atoms with Crippen molar-refractivity contribution in [1.82, 2.24) is 5.32 Å². The minimum absolute atomic E-state index is 0.0480. The van der Waals surface area contributed by atoms with E-state index in [0.717, 1.165) is 0 Å². The maximum atomic E-state index is 11.2. The SMILES string of the molecule is COC(C)CCC(=O)NC(CO)C(=O)O. The Balaban J connectivity index is 3.86. The highest BCUT2D eigenvalue weighted by atomic mass is 16.5. The third kappa shape index (κ3) is 6.03. The molecule has 0 spiro atoms. The van der Waals surface area contributed by atoms with Gasteiger partial charge in [-0.25, -0.2) is 4.79 Å². The number of carbonyl (C=O) groups is 2. The van der Waals surface area contributed by atoms with E-state index >= 15 is 0 Å². The van der Waals surface area contributed by atoms with Crippen LogP contribution in [0.25, 0.3) is 0 Å². The van der Waals surface area contributed by atoms with E-state index in [1.54, 1.807) is 0 Å². The van der Waals surface area contributed by atoms with Crippen molar-refractivity contribution < 1.29 is 24.5 Å². The normalized spacial score (nSPS) is 14.3. The molecule has 0 aliphatic heterocycles. The van der Waals surface area contributed by atoms with Crippen molar-refractivity contribution in [1.29, 1.82) is 0 Å². The first-order valence-corrected chi connectivity index (χ1v) is 4.67. The summed E-state index contributed by atoms with van der Waals surface area (Å²) in [6.45, 7) is 1.20. The molecule has 0 heterocycles. The molecule has 6 nitrogen and oxygen atoms in total. The molecule has 2 unspecified atom stereocenters. The zero-order chi connectivity index (χ0) is 11.8. The van der Waals surface area contributed by atoms with Crippen LogP contribution >= 0.6 is 0 Å². The Labute approximate surface area is 88.2 Å². The highest BCUT2D eigenvalue weighted by Gasteiger charge is 2.18. The molecule has 0 fully saturated rings. The summed E-state index contributed by atoms with van der Waals surface area (Å²) in [7, 11) is 1.54. The molecule has 0 aliphatic carbocycles. The first-order valence-electron chi connectivity index (χ1n) is 4.67. The van der Waals surface area contributed by atoms with E-state index in [-0.39, 0.29) is 12.5 Å². The summed E-state index contributed by atoms with van der Waals surface area (Å²) >= 11 is 0. The maximum absolute atomic E-state index is 11.2. The van der Waals surface area contributed by atoms with E-state index < -0.39 is 24.5 Å². The van der Waals surface area contributed by atoms with Gasteiger partial charge in [0.15, 0.2) is 0 Å². The number of aliphatic hydroxyl groups excluding tert-OH is 1. The molecule has 6 heteroatoms. The average Bonchev–Trinajstić information content (AvgIpc) is 2.21. The number of hydrogen-bond donors (Lipinski definition) is 3. The monoisotopic (exact) mass is 219 g/mol. The zero-order valence-electron chi connectivity index (χ0n) is 8.90. The third-order valence-corrected chi connectivity index (χ3v) is 2.00. The third-order valence-electron chi connectivity index (χ3n) is 2.00. The van der Waals surface area contributed by atoms with Gasteiger partial charge in [0.05, 0.1) is 12.7 Å². The van der Waals surface area contributed by atoms with Crippen LogP contribution in [0, 0.1) is 0 Å². The lowest BCUT2D eigenvalue weighted by atomic mass is 10.2. The van der Waals surface area contributed by atoms with Gasteiger partial charge in [0.1, 0.15) is 6.04 Å². The van der Waals surface area contributed by atoms with Crippen LogP contribution in [0.5, 0.6) is 0 Å². The number of aliphatic carboxylic acids is 1. The molecule has 0 rings (SSSR count). The molecule has 15 heavy (non-hydrogen) atoms. The number of carbonyl (C=O) groups excluding carboxylic acids is 1. The van der Waals surface area contributed by atoms with Crippen LogP contribution in [0.1, 0.15) is 19.8 Å². The van der Waals surface area contributed by atoms with Gasteiger partial charge in [-0.2, -0.15) is 0 Å². The Morgan fingerprint density at radius 2 is 2.07 bits per heavy atom. The van der Waals surface area contributed by atoms with Crippen molar-refractivity contribution in [2.45, 2.75) is 31.9 Å². The Hall–Kier alpha value is -1.14. The summed E-state index contributed by atoms with van der Waals surface area (Å²) in [5, 5.41) is 19.4. The summed E-state index contributed by atoms with van der Waals surface area (Å²) in [4.78, 5) is 21.7. The predicted octanol–water partition coefficient (Wildman–Crippen LogP) is -0.637. The van der Waals surface area contributed by atoms with Crippen molar-refractivity contribution in [2.24, 2.45) is 0 Å². The van der Waals surface area contributed by atoms with Gasteiger partial charge >= 0.3 is 5.97 Å². The molecule has 0 saturated heterocycles. The molecule has 0 aliphatic rings. The number of nitrogens with one attached hydrogen (secondary N) is 1. The summed E-state index contributed by atoms with van der Waals surface area (Å²) < 4.78 is 4.93. The first-order chi connectivity index (χ1) is 7.01. The lowest BCUT2D eigenvalue weighted by Crippen LogP contribution is -2.43. The Bertz CT molecular complexity index is 219. The molecule has 1 amide bonds. The molecule has 0 aromatic carbocycles. The number of amides is 1. The topological polar surface area (TPSA) is 95.9 Å². The molecule has 3 N–H and O–H groups in total. The molecule has 0 radical (unpaired) electrons. The van der Waals surface area contributed by atoms with Gasteiger partial charge in [0.2, 0.25) is 5.91 Å². The van der Waals surface area contributed by atoms with E-state index in [1.807, 2.05) is 6.92 Å². The van der Waals surface area contributed by atoms with Crippen LogP contribution in [-0.2, 0) is 14.3 Å². The second kappa shape index (κ2) is 7.19. The fourth-order valence-electron chi connectivity index (χ4n) is 0.904. The largest absolute Gasteiger partial charge is 0.480 e. The number of ether oxygens (including phenoxy) is 1. The summed E-state index contributed by atoms with van der Waals surface area (Å²) in [6.07, 6.45) is 0.645. The van der Waals surface area contributed by atoms with Crippen LogP contribution in [-0.4, -0.2) is 48.0 Å². The first kappa shape index (κ1) is 13.9. The average molecular weight is 219 g/mol. The van der Waals surface area contributed by atoms with Crippen molar-refractivity contribution in [2.75, 3.05) is 13.7 Å². The minimum Gasteiger partial charge on any atom is -0.480 e. The molecule has 0 bridgehead atoms. The van der Waals surface area contributed by atoms with Gasteiger partial charge < -0.3 is 20.3 Å².